The van der Waals surface area contributed by atoms with Crippen LogP contribution in [-0.4, -0.2) is 38.2 Å². The van der Waals surface area contributed by atoms with Crippen molar-refractivity contribution in [1.82, 2.24) is 0 Å². The van der Waals surface area contributed by atoms with Crippen LogP contribution in [-0.2, 0) is 24.3 Å². The van der Waals surface area contributed by atoms with Crippen molar-refractivity contribution in [3.8, 4) is 5.75 Å². The number of cyclic esters (lactones) is 1. The van der Waals surface area contributed by atoms with E-state index in [-0.39, 0.29) is 28.5 Å². The van der Waals surface area contributed by atoms with Gasteiger partial charge in [0, 0.05) is 12.5 Å². The van der Waals surface area contributed by atoms with Gasteiger partial charge in [0.2, 0.25) is 6.10 Å². The highest BCUT2D eigenvalue weighted by atomic mass is 32.2. The summed E-state index contributed by atoms with van der Waals surface area (Å²) in [5.74, 6) is -2.00. The molecule has 0 amide bonds. The van der Waals surface area contributed by atoms with Crippen LogP contribution < -0.4 is 4.72 Å². The summed E-state index contributed by atoms with van der Waals surface area (Å²) in [5.41, 5.74) is -0.0958. The van der Waals surface area contributed by atoms with Gasteiger partial charge in [0.25, 0.3) is 10.0 Å². The molecule has 10 heteroatoms. The normalized spacial score (nSPS) is 17.1. The molecule has 1 aliphatic rings. The largest absolute Gasteiger partial charge is 0.507 e. The van der Waals surface area contributed by atoms with Gasteiger partial charge >= 0.3 is 11.9 Å². The number of phenolic OH excluding ortho intramolecular Hbond substituents is 1. The minimum atomic E-state index is -3.77. The first kappa shape index (κ1) is 17.2. The zero-order valence-corrected chi connectivity index (χ0v) is 14.3. The van der Waals surface area contributed by atoms with E-state index in [0.29, 0.717) is 0 Å². The fourth-order valence-electron chi connectivity index (χ4n) is 2.17. The summed E-state index contributed by atoms with van der Waals surface area (Å²) in [6.45, 7) is 0.173. The molecule has 2 aromatic rings. The van der Waals surface area contributed by atoms with Crippen molar-refractivity contribution in [2.24, 2.45) is 0 Å². The van der Waals surface area contributed by atoms with Gasteiger partial charge in [-0.1, -0.05) is 6.07 Å². The lowest BCUT2D eigenvalue weighted by Gasteiger charge is -2.11. The first-order valence-corrected chi connectivity index (χ1v) is 9.50. The van der Waals surface area contributed by atoms with Crippen molar-refractivity contribution >= 4 is 39.0 Å². The highest BCUT2D eigenvalue weighted by molar-refractivity contribution is 7.94. The smallest absolute Gasteiger partial charge is 0.347 e. The Balaban J connectivity index is 1.74. The standard InChI is InChI=1S/C15H13NO7S2/c17-11-8-9(16-25(20,21)13-2-1-7-24-13)3-4-10(11)14(18)23-12-5-6-22-15(12)19/h1-4,7-8,12,16-17H,5-6H2. The molecule has 0 spiro atoms. The number of anilines is 1. The van der Waals surface area contributed by atoms with Crippen LogP contribution in [0, 0.1) is 0 Å². The molecule has 1 aromatic heterocycles. The molecule has 8 nitrogen and oxygen atoms in total. The third-order valence-corrected chi connectivity index (χ3v) is 6.15. The molecule has 0 bridgehead atoms. The van der Waals surface area contributed by atoms with Crippen LogP contribution in [0.2, 0.25) is 0 Å². The molecule has 2 N–H and O–H groups in total. The van der Waals surface area contributed by atoms with Crippen LogP contribution in [0.15, 0.2) is 39.9 Å². The fourth-order valence-corrected chi connectivity index (χ4v) is 4.21. The molecule has 0 saturated carbocycles. The van der Waals surface area contributed by atoms with E-state index in [2.05, 4.69) is 9.46 Å². The lowest BCUT2D eigenvalue weighted by molar-refractivity contribution is -0.145. The second kappa shape index (κ2) is 6.73. The molecule has 0 radical (unpaired) electrons. The summed E-state index contributed by atoms with van der Waals surface area (Å²) < 4.78 is 36.4. The maximum atomic E-state index is 12.1. The van der Waals surface area contributed by atoms with Gasteiger partial charge in [-0.05, 0) is 23.6 Å². The molecular formula is C15H13NO7S2. The quantitative estimate of drug-likeness (QED) is 0.755. The molecule has 1 atom stereocenters. The molecule has 1 saturated heterocycles. The van der Waals surface area contributed by atoms with Crippen molar-refractivity contribution in [1.29, 1.82) is 0 Å². The number of ether oxygens (including phenoxy) is 2. The number of aromatic hydroxyl groups is 1. The van der Waals surface area contributed by atoms with Gasteiger partial charge in [0.15, 0.2) is 0 Å². The van der Waals surface area contributed by atoms with Gasteiger partial charge in [-0.2, -0.15) is 0 Å². The number of hydrogen-bond acceptors (Lipinski definition) is 8. The third kappa shape index (κ3) is 3.74. The van der Waals surface area contributed by atoms with E-state index in [0.717, 1.165) is 17.4 Å². The molecule has 1 aliphatic heterocycles. The fraction of sp³-hybridized carbons (Fsp3) is 0.200. The number of benzene rings is 1. The van der Waals surface area contributed by atoms with E-state index < -0.39 is 33.8 Å². The first-order valence-electron chi connectivity index (χ1n) is 7.14. The van der Waals surface area contributed by atoms with Crippen molar-refractivity contribution < 1.29 is 32.6 Å². The Morgan fingerprint density at radius 3 is 2.76 bits per heavy atom. The predicted molar refractivity (Wildman–Crippen MR) is 88.0 cm³/mol. The number of phenols is 1. The SMILES string of the molecule is O=C(OC1CCOC1=O)c1ccc(NS(=O)(=O)c2cccs2)cc1O. The van der Waals surface area contributed by atoms with Gasteiger partial charge in [0.1, 0.15) is 15.5 Å². The predicted octanol–water partition coefficient (Wildman–Crippen LogP) is 1.73. The number of rotatable bonds is 5. The van der Waals surface area contributed by atoms with Gasteiger partial charge in [-0.3, -0.25) is 4.72 Å². The molecule has 132 valence electrons. The molecule has 3 rings (SSSR count). The lowest BCUT2D eigenvalue weighted by Crippen LogP contribution is -2.22. The summed E-state index contributed by atoms with van der Waals surface area (Å²) in [6.07, 6.45) is -0.742. The van der Waals surface area contributed by atoms with Crippen LogP contribution in [0.5, 0.6) is 5.75 Å². The number of carbonyl (C=O) groups is 2. The summed E-state index contributed by atoms with van der Waals surface area (Å²) >= 11 is 1.05. The average Bonchev–Trinajstić information content (AvgIpc) is 3.20. The van der Waals surface area contributed by atoms with Crippen LogP contribution in [0.25, 0.3) is 0 Å². The molecule has 0 aliphatic carbocycles. The second-order valence-electron chi connectivity index (χ2n) is 5.12. The van der Waals surface area contributed by atoms with E-state index in [1.54, 1.807) is 11.4 Å². The number of carbonyl (C=O) groups excluding carboxylic acids is 2. The van der Waals surface area contributed by atoms with E-state index in [9.17, 15) is 23.1 Å². The minimum Gasteiger partial charge on any atom is -0.507 e. The summed E-state index contributed by atoms with van der Waals surface area (Å²) in [5, 5.41) is 11.6. The molecule has 1 aromatic carbocycles. The van der Waals surface area contributed by atoms with E-state index in [1.807, 2.05) is 0 Å². The summed E-state index contributed by atoms with van der Waals surface area (Å²) in [6, 6.07) is 6.66. The second-order valence-corrected chi connectivity index (χ2v) is 7.98. The number of nitrogens with one attached hydrogen (secondary N) is 1. The molecule has 1 unspecified atom stereocenters. The van der Waals surface area contributed by atoms with Crippen LogP contribution in [0.4, 0.5) is 5.69 Å². The Bertz CT molecular complexity index is 906. The molecule has 2 heterocycles. The molecule has 25 heavy (non-hydrogen) atoms. The van der Waals surface area contributed by atoms with Crippen LogP contribution in [0.3, 0.4) is 0 Å². The van der Waals surface area contributed by atoms with Crippen LogP contribution in [0.1, 0.15) is 16.8 Å². The van der Waals surface area contributed by atoms with E-state index in [1.165, 1.54) is 18.2 Å². The van der Waals surface area contributed by atoms with Crippen molar-refractivity contribution in [3.05, 3.63) is 41.3 Å². The highest BCUT2D eigenvalue weighted by Crippen LogP contribution is 2.26. The monoisotopic (exact) mass is 383 g/mol. The Labute approximate surface area is 147 Å². The van der Waals surface area contributed by atoms with Crippen LogP contribution >= 0.6 is 11.3 Å². The number of sulfonamides is 1. The minimum absolute atomic E-state index is 0.0859. The van der Waals surface area contributed by atoms with Gasteiger partial charge in [-0.15, -0.1) is 11.3 Å². The Morgan fingerprint density at radius 1 is 1.36 bits per heavy atom. The number of hydrogen-bond donors (Lipinski definition) is 2. The van der Waals surface area contributed by atoms with Gasteiger partial charge in [0.05, 0.1) is 12.3 Å². The molecule has 1 fully saturated rings. The Hall–Kier alpha value is -2.59. The summed E-state index contributed by atoms with van der Waals surface area (Å²) in [4.78, 5) is 23.3. The number of esters is 2. The number of thiophene rings is 1. The average molecular weight is 383 g/mol. The third-order valence-electron chi connectivity index (χ3n) is 3.37. The van der Waals surface area contributed by atoms with Crippen molar-refractivity contribution in [2.75, 3.05) is 11.3 Å². The summed E-state index contributed by atoms with van der Waals surface area (Å²) in [7, 11) is -3.77. The first-order chi connectivity index (χ1) is 11.9. The maximum Gasteiger partial charge on any atom is 0.347 e. The van der Waals surface area contributed by atoms with E-state index in [4.69, 9.17) is 4.74 Å². The maximum absolute atomic E-state index is 12.1. The van der Waals surface area contributed by atoms with Crippen molar-refractivity contribution in [3.63, 3.8) is 0 Å². The van der Waals surface area contributed by atoms with E-state index >= 15 is 0 Å². The Morgan fingerprint density at radius 2 is 2.16 bits per heavy atom. The Kier molecular flexibility index (Phi) is 4.64. The topological polar surface area (TPSA) is 119 Å². The highest BCUT2D eigenvalue weighted by Gasteiger charge is 2.31. The molecular weight excluding hydrogens is 370 g/mol. The zero-order chi connectivity index (χ0) is 18.0. The van der Waals surface area contributed by atoms with Gasteiger partial charge < -0.3 is 14.6 Å². The zero-order valence-electron chi connectivity index (χ0n) is 12.7. The van der Waals surface area contributed by atoms with Crippen molar-refractivity contribution in [2.45, 2.75) is 16.7 Å². The lowest BCUT2D eigenvalue weighted by atomic mass is 10.2. The van der Waals surface area contributed by atoms with Gasteiger partial charge in [-0.25, -0.2) is 18.0 Å².